The van der Waals surface area contributed by atoms with Gasteiger partial charge in [0, 0.05) is 24.6 Å². The quantitative estimate of drug-likeness (QED) is 0.161. The Hall–Kier alpha value is -0.610. The van der Waals surface area contributed by atoms with Crippen LogP contribution in [0.25, 0.3) is 0 Å². The second-order valence-corrected chi connectivity index (χ2v) is 7.04. The number of hydrogen-bond acceptors (Lipinski definition) is 8. The molecule has 0 saturated heterocycles. The Labute approximate surface area is 151 Å². The molecule has 150 valence electrons. The molecule has 0 aromatic rings. The molecule has 25 heavy (non-hydrogen) atoms. The Kier molecular flexibility index (Phi) is 11.6. The lowest BCUT2D eigenvalue weighted by Crippen LogP contribution is -2.60. The molecule has 8 nitrogen and oxygen atoms in total. The molecule has 0 amide bonds. The highest BCUT2D eigenvalue weighted by Gasteiger charge is 2.46. The third-order valence-electron chi connectivity index (χ3n) is 5.11. The number of hydroxylamine groups is 1. The van der Waals surface area contributed by atoms with E-state index in [0.29, 0.717) is 39.2 Å². The van der Waals surface area contributed by atoms with E-state index in [1.165, 1.54) is 0 Å². The highest BCUT2D eigenvalue weighted by Crippen LogP contribution is 2.36. The van der Waals surface area contributed by atoms with Gasteiger partial charge in [-0.1, -0.05) is 13.8 Å². The number of rotatable bonds is 15. The second kappa shape index (κ2) is 11.9. The Bertz CT molecular complexity index is 381. The van der Waals surface area contributed by atoms with Crippen molar-refractivity contribution in [3.8, 4) is 0 Å². The Balaban J connectivity index is 4.70. The molecule has 2 unspecified atom stereocenters. The number of nitrogens with two attached hydrogens (primary N) is 1. The van der Waals surface area contributed by atoms with Crippen molar-refractivity contribution in [2.75, 3.05) is 33.5 Å². The van der Waals surface area contributed by atoms with Crippen LogP contribution >= 0.6 is 0 Å². The van der Waals surface area contributed by atoms with Crippen LogP contribution in [0, 0.1) is 5.41 Å². The maximum absolute atomic E-state index is 12.9. The van der Waals surface area contributed by atoms with Crippen molar-refractivity contribution < 1.29 is 24.6 Å². The molecule has 3 atom stereocenters. The molecule has 0 aliphatic rings. The van der Waals surface area contributed by atoms with Gasteiger partial charge in [0.15, 0.2) is 5.78 Å². The first-order valence-corrected chi connectivity index (χ1v) is 8.85. The van der Waals surface area contributed by atoms with Crippen LogP contribution in [0.5, 0.6) is 0 Å². The number of carbonyl (C=O) groups excluding carboxylic acids is 1. The van der Waals surface area contributed by atoms with Crippen LogP contribution in [0.1, 0.15) is 47.0 Å². The molecule has 0 bridgehead atoms. The molecule has 6 N–H and O–H groups in total. The number of nitrogens with one attached hydrogen (secondary N) is 2. The minimum Gasteiger partial charge on any atom is -0.382 e. The molecule has 0 rings (SSSR count). The SMILES string of the molecule is CCC(C)(C(=O)[C@H](N)CCC(O)NO)C(C)(C)NCCOCCOC. The molecule has 0 spiro atoms. The van der Waals surface area contributed by atoms with Crippen LogP contribution in [0.3, 0.4) is 0 Å². The molecule has 8 heteroatoms. The van der Waals surface area contributed by atoms with Crippen molar-refractivity contribution in [2.45, 2.75) is 64.8 Å². The number of ether oxygens (including phenoxy) is 2. The summed E-state index contributed by atoms with van der Waals surface area (Å²) in [4.78, 5) is 12.9. The molecule has 0 radical (unpaired) electrons. The summed E-state index contributed by atoms with van der Waals surface area (Å²) in [5.41, 5.74) is 6.65. The maximum atomic E-state index is 12.9. The van der Waals surface area contributed by atoms with E-state index in [9.17, 15) is 9.90 Å². The lowest BCUT2D eigenvalue weighted by Gasteiger charge is -2.44. The molecule has 0 aliphatic carbocycles. The van der Waals surface area contributed by atoms with Gasteiger partial charge < -0.3 is 30.8 Å². The van der Waals surface area contributed by atoms with Gasteiger partial charge in [0.2, 0.25) is 0 Å². The van der Waals surface area contributed by atoms with E-state index in [2.05, 4.69) is 5.32 Å². The average molecular weight is 363 g/mol. The van der Waals surface area contributed by atoms with E-state index in [1.54, 1.807) is 12.6 Å². The summed E-state index contributed by atoms with van der Waals surface area (Å²) < 4.78 is 10.4. The first-order valence-electron chi connectivity index (χ1n) is 8.85. The number of hydrogen-bond donors (Lipinski definition) is 5. The summed E-state index contributed by atoms with van der Waals surface area (Å²) in [7, 11) is 1.63. The Morgan fingerprint density at radius 1 is 1.20 bits per heavy atom. The Morgan fingerprint density at radius 3 is 2.36 bits per heavy atom. The molecule has 0 heterocycles. The van der Waals surface area contributed by atoms with Crippen LogP contribution in [0.4, 0.5) is 0 Å². The largest absolute Gasteiger partial charge is 0.382 e. The third-order valence-corrected chi connectivity index (χ3v) is 5.11. The third kappa shape index (κ3) is 7.65. The molecular formula is C17H37N3O5. The first-order chi connectivity index (χ1) is 11.7. The summed E-state index contributed by atoms with van der Waals surface area (Å²) in [5.74, 6) is -0.0575. The standard InChI is InChI=1S/C17H37N3O5/c1-6-17(4,15(22)13(18)7-8-14(21)20-23)16(2,3)19-9-10-25-12-11-24-5/h13-14,19-21,23H,6-12,18H2,1-5H3/t13-,14?,17?/m1/s1. The van der Waals surface area contributed by atoms with Gasteiger partial charge in [0.1, 0.15) is 6.23 Å². The number of ketones is 1. The minimum absolute atomic E-state index is 0.0575. The van der Waals surface area contributed by atoms with Crippen LogP contribution in [-0.4, -0.2) is 67.4 Å². The molecule has 0 aromatic carbocycles. The zero-order valence-electron chi connectivity index (χ0n) is 16.3. The topological polar surface area (TPSA) is 126 Å². The average Bonchev–Trinajstić information content (AvgIpc) is 2.60. The van der Waals surface area contributed by atoms with Gasteiger partial charge in [0.05, 0.1) is 25.9 Å². The molecule has 0 aromatic heterocycles. The van der Waals surface area contributed by atoms with E-state index in [-0.39, 0.29) is 12.2 Å². The number of carbonyl (C=O) groups is 1. The summed E-state index contributed by atoms with van der Waals surface area (Å²) in [6.45, 7) is 10.1. The fourth-order valence-electron chi connectivity index (χ4n) is 2.74. The monoisotopic (exact) mass is 363 g/mol. The predicted molar refractivity (Wildman–Crippen MR) is 96.3 cm³/mol. The zero-order valence-corrected chi connectivity index (χ0v) is 16.3. The fourth-order valence-corrected chi connectivity index (χ4v) is 2.74. The van der Waals surface area contributed by atoms with Crippen LogP contribution in [-0.2, 0) is 14.3 Å². The van der Waals surface area contributed by atoms with Crippen LogP contribution < -0.4 is 16.5 Å². The van der Waals surface area contributed by atoms with E-state index < -0.39 is 23.2 Å². The first kappa shape index (κ1) is 24.4. The fraction of sp³-hybridized carbons (Fsp3) is 0.941. The van der Waals surface area contributed by atoms with Crippen LogP contribution in [0.15, 0.2) is 0 Å². The number of aliphatic hydroxyl groups excluding tert-OH is 1. The summed E-state index contributed by atoms with van der Waals surface area (Å²) >= 11 is 0. The highest BCUT2D eigenvalue weighted by atomic mass is 16.5. The van der Waals surface area contributed by atoms with Gasteiger partial charge in [-0.25, -0.2) is 0 Å². The van der Waals surface area contributed by atoms with Gasteiger partial charge in [0.25, 0.3) is 0 Å². The summed E-state index contributed by atoms with van der Waals surface area (Å²) in [5, 5.41) is 21.4. The molecular weight excluding hydrogens is 326 g/mol. The van der Waals surface area contributed by atoms with E-state index in [4.69, 9.17) is 20.4 Å². The van der Waals surface area contributed by atoms with Gasteiger partial charge in [-0.15, -0.1) is 0 Å². The number of methoxy groups -OCH3 is 1. The number of Topliss-reactive ketones (excluding diaryl/α,β-unsaturated/α-hetero) is 1. The maximum Gasteiger partial charge on any atom is 0.157 e. The minimum atomic E-state index is -1.08. The van der Waals surface area contributed by atoms with Crippen molar-refractivity contribution in [2.24, 2.45) is 11.1 Å². The van der Waals surface area contributed by atoms with Crippen molar-refractivity contribution >= 4 is 5.78 Å². The van der Waals surface area contributed by atoms with Crippen molar-refractivity contribution in [1.29, 1.82) is 0 Å². The normalized spacial score (nSPS) is 17.1. The molecule has 0 saturated carbocycles. The molecule has 0 fully saturated rings. The van der Waals surface area contributed by atoms with Gasteiger partial charge in [-0.05, 0) is 33.1 Å². The van der Waals surface area contributed by atoms with E-state index >= 15 is 0 Å². The van der Waals surface area contributed by atoms with E-state index in [0.717, 1.165) is 0 Å². The predicted octanol–water partition coefficient (Wildman–Crippen LogP) is 0.408. The smallest absolute Gasteiger partial charge is 0.157 e. The van der Waals surface area contributed by atoms with Gasteiger partial charge in [-0.3, -0.25) is 4.79 Å². The highest BCUT2D eigenvalue weighted by molar-refractivity contribution is 5.90. The number of aliphatic hydroxyl groups is 1. The summed E-state index contributed by atoms with van der Waals surface area (Å²) in [6.07, 6.45) is 0.0383. The van der Waals surface area contributed by atoms with Crippen LogP contribution in [0.2, 0.25) is 0 Å². The van der Waals surface area contributed by atoms with Crippen molar-refractivity contribution in [3.63, 3.8) is 0 Å². The van der Waals surface area contributed by atoms with Gasteiger partial charge >= 0.3 is 0 Å². The van der Waals surface area contributed by atoms with Crippen molar-refractivity contribution in [1.82, 2.24) is 10.8 Å². The van der Waals surface area contributed by atoms with E-state index in [1.807, 2.05) is 27.7 Å². The second-order valence-electron chi connectivity index (χ2n) is 7.04. The zero-order chi connectivity index (χ0) is 19.5. The van der Waals surface area contributed by atoms with Gasteiger partial charge in [-0.2, -0.15) is 5.48 Å². The lowest BCUT2D eigenvalue weighted by molar-refractivity contribution is -0.134. The summed E-state index contributed by atoms with van der Waals surface area (Å²) in [6, 6.07) is -0.702. The molecule has 0 aliphatic heterocycles. The van der Waals surface area contributed by atoms with Crippen molar-refractivity contribution in [3.05, 3.63) is 0 Å². The lowest BCUT2D eigenvalue weighted by atomic mass is 9.66. The Morgan fingerprint density at radius 2 is 1.84 bits per heavy atom.